The maximum Gasteiger partial charge on any atom is 0.256 e. The molecule has 9 nitrogen and oxygen atoms in total. The second-order valence-corrected chi connectivity index (χ2v) is 8.59. The number of benzene rings is 1. The van der Waals surface area contributed by atoms with E-state index in [4.69, 9.17) is 15.8 Å². The number of H-pyrrole nitrogens is 1. The number of aromatic amines is 1. The van der Waals surface area contributed by atoms with Gasteiger partial charge in [-0.05, 0) is 25.8 Å². The molecule has 2 atom stereocenters. The molecule has 4 aromatic rings. The van der Waals surface area contributed by atoms with Crippen molar-refractivity contribution in [3.8, 4) is 0 Å². The van der Waals surface area contributed by atoms with Crippen LogP contribution in [0.1, 0.15) is 47.4 Å². The van der Waals surface area contributed by atoms with Gasteiger partial charge in [-0.15, -0.1) is 0 Å². The van der Waals surface area contributed by atoms with Gasteiger partial charge in [-0.2, -0.15) is 10.2 Å². The van der Waals surface area contributed by atoms with E-state index in [0.29, 0.717) is 5.56 Å². The number of anilines is 1. The first-order chi connectivity index (χ1) is 15.5. The van der Waals surface area contributed by atoms with E-state index in [9.17, 15) is 4.79 Å². The first kappa shape index (κ1) is 20.4. The van der Waals surface area contributed by atoms with Gasteiger partial charge in [0.25, 0.3) is 5.91 Å². The van der Waals surface area contributed by atoms with E-state index in [1.807, 2.05) is 44.4 Å². The Labute approximate surface area is 186 Å². The van der Waals surface area contributed by atoms with Crippen LogP contribution in [0.3, 0.4) is 0 Å². The second-order valence-electron chi connectivity index (χ2n) is 8.59. The lowest BCUT2D eigenvalue weighted by atomic mass is 10.1. The standard InChI is InChI=1S/C23H28N8O/c1-4-19(29(3)23(32)17-7-5-6-15-11-25-27-21(15)17)18-10-20-26-22(14(2)12-31(20)28-18)30-9-8-16(24)13-30/h5-7,10-12,16,19H,4,8-9,13,24H2,1-3H3,(H,25,27)/t16-,19-/m0/s1. The van der Waals surface area contributed by atoms with Crippen molar-refractivity contribution in [2.45, 2.75) is 38.8 Å². The molecule has 9 heteroatoms. The van der Waals surface area contributed by atoms with E-state index in [0.717, 1.165) is 59.6 Å². The normalized spacial score (nSPS) is 17.4. The minimum absolute atomic E-state index is 0.0698. The van der Waals surface area contributed by atoms with Gasteiger partial charge in [-0.3, -0.25) is 9.89 Å². The number of nitrogens with two attached hydrogens (primary N) is 1. The summed E-state index contributed by atoms with van der Waals surface area (Å²) in [6, 6.07) is 7.64. The van der Waals surface area contributed by atoms with Gasteiger partial charge in [-0.25, -0.2) is 9.50 Å². The highest BCUT2D eigenvalue weighted by Crippen LogP contribution is 2.28. The smallest absolute Gasteiger partial charge is 0.256 e. The van der Waals surface area contributed by atoms with Crippen LogP contribution < -0.4 is 10.6 Å². The van der Waals surface area contributed by atoms with Gasteiger partial charge in [0.2, 0.25) is 0 Å². The molecule has 1 aliphatic rings. The lowest BCUT2D eigenvalue weighted by Gasteiger charge is -2.26. The molecule has 3 aromatic heterocycles. The number of rotatable bonds is 5. The Morgan fingerprint density at radius 3 is 3.00 bits per heavy atom. The molecule has 1 amide bonds. The zero-order chi connectivity index (χ0) is 22.4. The van der Waals surface area contributed by atoms with Crippen LogP contribution in [0, 0.1) is 6.92 Å². The average molecular weight is 433 g/mol. The van der Waals surface area contributed by atoms with Crippen molar-refractivity contribution in [1.29, 1.82) is 0 Å². The maximum atomic E-state index is 13.4. The highest BCUT2D eigenvalue weighted by molar-refractivity contribution is 6.05. The van der Waals surface area contributed by atoms with Crippen molar-refractivity contribution in [3.05, 3.63) is 53.5 Å². The van der Waals surface area contributed by atoms with E-state index >= 15 is 0 Å². The first-order valence-electron chi connectivity index (χ1n) is 11.0. The highest BCUT2D eigenvalue weighted by Gasteiger charge is 2.27. The molecule has 4 heterocycles. The van der Waals surface area contributed by atoms with Crippen LogP contribution in [0.2, 0.25) is 0 Å². The fourth-order valence-corrected chi connectivity index (χ4v) is 4.64. The van der Waals surface area contributed by atoms with E-state index in [-0.39, 0.29) is 18.0 Å². The zero-order valence-corrected chi connectivity index (χ0v) is 18.6. The summed E-state index contributed by atoms with van der Waals surface area (Å²) < 4.78 is 1.81. The quantitative estimate of drug-likeness (QED) is 0.502. The molecule has 0 aliphatic carbocycles. The van der Waals surface area contributed by atoms with Crippen molar-refractivity contribution in [3.63, 3.8) is 0 Å². The van der Waals surface area contributed by atoms with E-state index in [1.165, 1.54) is 0 Å². The molecule has 0 saturated carbocycles. The lowest BCUT2D eigenvalue weighted by molar-refractivity contribution is 0.0724. The number of amides is 1. The van der Waals surface area contributed by atoms with Crippen molar-refractivity contribution >= 4 is 28.3 Å². The van der Waals surface area contributed by atoms with Gasteiger partial charge in [-0.1, -0.05) is 19.1 Å². The number of hydrogen-bond acceptors (Lipinski definition) is 6. The number of carbonyl (C=O) groups is 1. The van der Waals surface area contributed by atoms with E-state index in [2.05, 4.69) is 22.0 Å². The van der Waals surface area contributed by atoms with E-state index < -0.39 is 0 Å². The molecule has 166 valence electrons. The summed E-state index contributed by atoms with van der Waals surface area (Å²) in [5.41, 5.74) is 10.1. The molecule has 0 spiro atoms. The fourth-order valence-electron chi connectivity index (χ4n) is 4.64. The molecule has 32 heavy (non-hydrogen) atoms. The van der Waals surface area contributed by atoms with Gasteiger partial charge < -0.3 is 15.5 Å². The van der Waals surface area contributed by atoms with Crippen molar-refractivity contribution in [1.82, 2.24) is 29.7 Å². The third kappa shape index (κ3) is 3.38. The van der Waals surface area contributed by atoms with Crippen LogP contribution in [0.4, 0.5) is 5.82 Å². The third-order valence-electron chi connectivity index (χ3n) is 6.37. The summed E-state index contributed by atoms with van der Waals surface area (Å²) >= 11 is 0. The van der Waals surface area contributed by atoms with Crippen LogP contribution >= 0.6 is 0 Å². The van der Waals surface area contributed by atoms with Crippen LogP contribution in [0.5, 0.6) is 0 Å². The number of hydrogen-bond donors (Lipinski definition) is 2. The molecule has 3 N–H and O–H groups in total. The summed E-state index contributed by atoms with van der Waals surface area (Å²) in [6.45, 7) is 5.84. The SMILES string of the molecule is CC[C@@H](c1cc2nc(N3CC[C@H](N)C3)c(C)cn2n1)N(C)C(=O)c1cccc2cn[nH]c12. The first-order valence-corrected chi connectivity index (χ1v) is 11.0. The molecule has 5 rings (SSSR count). The van der Waals surface area contributed by atoms with Crippen LogP contribution in [0.15, 0.2) is 36.7 Å². The maximum absolute atomic E-state index is 13.4. The second kappa shape index (κ2) is 7.90. The molecule has 1 aliphatic heterocycles. The average Bonchev–Trinajstić information content (AvgIpc) is 3.52. The minimum Gasteiger partial charge on any atom is -0.355 e. The molecule has 1 saturated heterocycles. The zero-order valence-electron chi connectivity index (χ0n) is 18.6. The number of nitrogens with one attached hydrogen (secondary N) is 1. The van der Waals surface area contributed by atoms with Crippen LogP contribution in [0.25, 0.3) is 16.6 Å². The molecular formula is C23H28N8O. The topological polar surface area (TPSA) is 108 Å². The Balaban J connectivity index is 1.47. The fraction of sp³-hybridized carbons (Fsp3) is 0.391. The molecule has 0 radical (unpaired) electrons. The molecule has 1 aromatic carbocycles. The van der Waals surface area contributed by atoms with Gasteiger partial charge in [0.05, 0.1) is 29.0 Å². The summed E-state index contributed by atoms with van der Waals surface area (Å²) in [4.78, 5) is 22.2. The number of aromatic nitrogens is 5. The molecule has 0 bridgehead atoms. The van der Waals surface area contributed by atoms with E-state index in [1.54, 1.807) is 15.6 Å². The van der Waals surface area contributed by atoms with Crippen molar-refractivity contribution in [2.24, 2.45) is 5.73 Å². The third-order valence-corrected chi connectivity index (χ3v) is 6.37. The molecule has 0 unspecified atom stereocenters. The van der Waals surface area contributed by atoms with Crippen LogP contribution in [-0.2, 0) is 0 Å². The lowest BCUT2D eigenvalue weighted by Crippen LogP contribution is -2.31. The minimum atomic E-state index is -0.175. The number of fused-ring (bicyclic) bond motifs is 2. The summed E-state index contributed by atoms with van der Waals surface area (Å²) in [6.07, 6.45) is 5.44. The van der Waals surface area contributed by atoms with Gasteiger partial charge in [0.15, 0.2) is 5.65 Å². The molecular weight excluding hydrogens is 404 g/mol. The van der Waals surface area contributed by atoms with Crippen LogP contribution in [-0.4, -0.2) is 61.8 Å². The Bertz CT molecular complexity index is 1290. The predicted molar refractivity (Wildman–Crippen MR) is 124 cm³/mol. The van der Waals surface area contributed by atoms with Crippen molar-refractivity contribution in [2.75, 3.05) is 25.0 Å². The molecule has 1 fully saturated rings. The Morgan fingerprint density at radius 1 is 1.41 bits per heavy atom. The summed E-state index contributed by atoms with van der Waals surface area (Å²) in [5, 5.41) is 12.7. The number of aryl methyl sites for hydroxylation is 1. The van der Waals surface area contributed by atoms with Gasteiger partial charge in [0, 0.05) is 49.4 Å². The van der Waals surface area contributed by atoms with Crippen molar-refractivity contribution < 1.29 is 4.79 Å². The number of carbonyl (C=O) groups excluding carboxylic acids is 1. The number of para-hydroxylation sites is 1. The van der Waals surface area contributed by atoms with Gasteiger partial charge in [0.1, 0.15) is 5.82 Å². The Morgan fingerprint density at radius 2 is 2.25 bits per heavy atom. The highest BCUT2D eigenvalue weighted by atomic mass is 16.2. The summed E-state index contributed by atoms with van der Waals surface area (Å²) in [5.74, 6) is 0.889. The Kier molecular flexibility index (Phi) is 5.05. The largest absolute Gasteiger partial charge is 0.355 e. The summed E-state index contributed by atoms with van der Waals surface area (Å²) in [7, 11) is 1.82. The van der Waals surface area contributed by atoms with Gasteiger partial charge >= 0.3 is 0 Å². The monoisotopic (exact) mass is 432 g/mol. The Hall–Kier alpha value is -3.46. The number of nitrogens with zero attached hydrogens (tertiary/aromatic N) is 6. The predicted octanol–water partition coefficient (Wildman–Crippen LogP) is 2.67.